The molecule has 0 fully saturated rings. The van der Waals surface area contributed by atoms with E-state index in [-0.39, 0.29) is 11.9 Å². The van der Waals surface area contributed by atoms with Crippen molar-refractivity contribution in [1.29, 1.82) is 0 Å². The second kappa shape index (κ2) is 4.96. The SMILES string of the molecule is CCCC(=O)NC(C)c1cn(C)nc1C. The summed E-state index contributed by atoms with van der Waals surface area (Å²) in [5.41, 5.74) is 2.06. The maximum Gasteiger partial charge on any atom is 0.220 e. The summed E-state index contributed by atoms with van der Waals surface area (Å²) in [5.74, 6) is 0.105. The first-order chi connectivity index (χ1) is 7.04. The van der Waals surface area contributed by atoms with E-state index < -0.39 is 0 Å². The summed E-state index contributed by atoms with van der Waals surface area (Å²) in [7, 11) is 1.89. The molecule has 0 bridgehead atoms. The van der Waals surface area contributed by atoms with Crippen molar-refractivity contribution in [3.8, 4) is 0 Å². The van der Waals surface area contributed by atoms with E-state index in [0.717, 1.165) is 17.7 Å². The second-order valence-corrected chi connectivity index (χ2v) is 3.88. The van der Waals surface area contributed by atoms with Crippen LogP contribution in [0.2, 0.25) is 0 Å². The van der Waals surface area contributed by atoms with Gasteiger partial charge in [-0.3, -0.25) is 9.48 Å². The fraction of sp³-hybridized carbons (Fsp3) is 0.636. The number of hydrogen-bond acceptors (Lipinski definition) is 2. The molecule has 0 spiro atoms. The summed E-state index contributed by atoms with van der Waals surface area (Å²) in [6.07, 6.45) is 3.42. The van der Waals surface area contributed by atoms with E-state index in [1.165, 1.54) is 0 Å². The Bertz CT molecular complexity index is 344. The lowest BCUT2D eigenvalue weighted by Crippen LogP contribution is -2.26. The highest BCUT2D eigenvalue weighted by Gasteiger charge is 2.13. The van der Waals surface area contributed by atoms with Crippen LogP contribution in [0.15, 0.2) is 6.20 Å². The molecule has 1 heterocycles. The molecule has 0 aromatic carbocycles. The third kappa shape index (κ3) is 3.08. The average Bonchev–Trinajstić information content (AvgIpc) is 2.45. The van der Waals surface area contributed by atoms with Gasteiger partial charge in [-0.15, -0.1) is 0 Å². The van der Waals surface area contributed by atoms with Gasteiger partial charge in [-0.05, 0) is 20.3 Å². The van der Waals surface area contributed by atoms with Gasteiger partial charge >= 0.3 is 0 Å². The molecule has 4 heteroatoms. The zero-order valence-electron chi connectivity index (χ0n) is 9.87. The molecule has 84 valence electrons. The first kappa shape index (κ1) is 11.8. The molecule has 0 saturated heterocycles. The minimum absolute atomic E-state index is 0.0396. The maximum absolute atomic E-state index is 11.4. The van der Waals surface area contributed by atoms with Crippen LogP contribution in [0, 0.1) is 6.92 Å². The van der Waals surface area contributed by atoms with Gasteiger partial charge in [-0.2, -0.15) is 5.10 Å². The predicted molar refractivity (Wildman–Crippen MR) is 59.4 cm³/mol. The largest absolute Gasteiger partial charge is 0.349 e. The molecule has 15 heavy (non-hydrogen) atoms. The van der Waals surface area contributed by atoms with Crippen LogP contribution in [0.1, 0.15) is 44.0 Å². The number of carbonyl (C=O) groups is 1. The van der Waals surface area contributed by atoms with Gasteiger partial charge in [-0.1, -0.05) is 6.92 Å². The van der Waals surface area contributed by atoms with Crippen LogP contribution in [0.25, 0.3) is 0 Å². The standard InChI is InChI=1S/C11H19N3O/c1-5-6-11(15)12-8(2)10-7-14(4)13-9(10)3/h7-8H,5-6H2,1-4H3,(H,12,15). The number of nitrogens with one attached hydrogen (secondary N) is 1. The first-order valence-corrected chi connectivity index (χ1v) is 5.34. The number of amides is 1. The Kier molecular flexibility index (Phi) is 3.88. The quantitative estimate of drug-likeness (QED) is 0.820. The van der Waals surface area contributed by atoms with E-state index in [0.29, 0.717) is 6.42 Å². The maximum atomic E-state index is 11.4. The van der Waals surface area contributed by atoms with Crippen LogP contribution < -0.4 is 5.32 Å². The number of hydrogen-bond donors (Lipinski definition) is 1. The summed E-state index contributed by atoms with van der Waals surface area (Å²) in [5, 5.41) is 7.21. The van der Waals surface area contributed by atoms with Crippen molar-refractivity contribution >= 4 is 5.91 Å². The van der Waals surface area contributed by atoms with Crippen molar-refractivity contribution < 1.29 is 4.79 Å². The Labute approximate surface area is 90.7 Å². The van der Waals surface area contributed by atoms with Crippen LogP contribution in [-0.2, 0) is 11.8 Å². The van der Waals surface area contributed by atoms with Gasteiger partial charge in [0.2, 0.25) is 5.91 Å². The van der Waals surface area contributed by atoms with Crippen molar-refractivity contribution in [3.05, 3.63) is 17.5 Å². The van der Waals surface area contributed by atoms with Gasteiger partial charge in [0.15, 0.2) is 0 Å². The summed E-state index contributed by atoms with van der Waals surface area (Å²) >= 11 is 0. The monoisotopic (exact) mass is 209 g/mol. The number of carbonyl (C=O) groups excluding carboxylic acids is 1. The summed E-state index contributed by atoms with van der Waals surface area (Å²) in [6.45, 7) is 5.94. The molecule has 1 amide bonds. The molecule has 0 saturated carbocycles. The first-order valence-electron chi connectivity index (χ1n) is 5.34. The molecule has 1 aromatic rings. The number of aryl methyl sites for hydroxylation is 2. The molecule has 0 aliphatic carbocycles. The van der Waals surface area contributed by atoms with Crippen LogP contribution in [0.3, 0.4) is 0 Å². The number of aromatic nitrogens is 2. The van der Waals surface area contributed by atoms with Crippen molar-refractivity contribution in [3.63, 3.8) is 0 Å². The van der Waals surface area contributed by atoms with E-state index in [1.807, 2.05) is 34.0 Å². The van der Waals surface area contributed by atoms with E-state index in [4.69, 9.17) is 0 Å². The molecule has 0 radical (unpaired) electrons. The molecule has 0 aliphatic heterocycles. The molecule has 1 rings (SSSR count). The fourth-order valence-corrected chi connectivity index (χ4v) is 1.66. The molecule has 1 atom stereocenters. The molecular weight excluding hydrogens is 190 g/mol. The smallest absolute Gasteiger partial charge is 0.220 e. The third-order valence-electron chi connectivity index (χ3n) is 2.37. The third-order valence-corrected chi connectivity index (χ3v) is 2.37. The molecule has 4 nitrogen and oxygen atoms in total. The van der Waals surface area contributed by atoms with E-state index in [1.54, 1.807) is 4.68 Å². The van der Waals surface area contributed by atoms with Crippen molar-refractivity contribution in [2.45, 2.75) is 39.7 Å². The Balaban J connectivity index is 2.64. The van der Waals surface area contributed by atoms with E-state index in [9.17, 15) is 4.79 Å². The highest BCUT2D eigenvalue weighted by atomic mass is 16.1. The van der Waals surface area contributed by atoms with Crippen LogP contribution in [0.4, 0.5) is 0 Å². The minimum Gasteiger partial charge on any atom is -0.349 e. The van der Waals surface area contributed by atoms with Gasteiger partial charge in [-0.25, -0.2) is 0 Å². The lowest BCUT2D eigenvalue weighted by atomic mass is 10.1. The summed E-state index contributed by atoms with van der Waals surface area (Å²) in [4.78, 5) is 11.4. The molecule has 1 N–H and O–H groups in total. The highest BCUT2D eigenvalue weighted by molar-refractivity contribution is 5.76. The van der Waals surface area contributed by atoms with Crippen molar-refractivity contribution in [2.24, 2.45) is 7.05 Å². The van der Waals surface area contributed by atoms with Crippen molar-refractivity contribution in [1.82, 2.24) is 15.1 Å². The van der Waals surface area contributed by atoms with Crippen LogP contribution in [-0.4, -0.2) is 15.7 Å². The topological polar surface area (TPSA) is 46.9 Å². The van der Waals surface area contributed by atoms with Gasteiger partial charge in [0, 0.05) is 25.2 Å². The van der Waals surface area contributed by atoms with Crippen molar-refractivity contribution in [2.75, 3.05) is 0 Å². The van der Waals surface area contributed by atoms with Gasteiger partial charge in [0.1, 0.15) is 0 Å². The Morgan fingerprint density at radius 3 is 2.80 bits per heavy atom. The second-order valence-electron chi connectivity index (χ2n) is 3.88. The number of rotatable bonds is 4. The lowest BCUT2D eigenvalue weighted by Gasteiger charge is -2.12. The normalized spacial score (nSPS) is 12.5. The molecule has 1 aromatic heterocycles. The van der Waals surface area contributed by atoms with E-state index in [2.05, 4.69) is 10.4 Å². The van der Waals surface area contributed by atoms with E-state index >= 15 is 0 Å². The molecule has 0 aliphatic rings. The summed E-state index contributed by atoms with van der Waals surface area (Å²) < 4.78 is 1.77. The minimum atomic E-state index is 0.0396. The highest BCUT2D eigenvalue weighted by Crippen LogP contribution is 2.15. The van der Waals surface area contributed by atoms with Crippen LogP contribution >= 0.6 is 0 Å². The summed E-state index contributed by atoms with van der Waals surface area (Å²) in [6, 6.07) is 0.0396. The van der Waals surface area contributed by atoms with Gasteiger partial charge < -0.3 is 5.32 Å². The Morgan fingerprint density at radius 1 is 1.67 bits per heavy atom. The molecular formula is C11H19N3O. The fourth-order valence-electron chi connectivity index (χ4n) is 1.66. The average molecular weight is 209 g/mol. The van der Waals surface area contributed by atoms with Crippen LogP contribution in [0.5, 0.6) is 0 Å². The van der Waals surface area contributed by atoms with Gasteiger partial charge in [0.05, 0.1) is 11.7 Å². The Morgan fingerprint density at radius 2 is 2.33 bits per heavy atom. The Hall–Kier alpha value is -1.32. The molecule has 1 unspecified atom stereocenters. The van der Waals surface area contributed by atoms with Gasteiger partial charge in [0.25, 0.3) is 0 Å². The lowest BCUT2D eigenvalue weighted by molar-refractivity contribution is -0.121. The number of nitrogens with zero attached hydrogens (tertiary/aromatic N) is 2. The zero-order chi connectivity index (χ0) is 11.4. The zero-order valence-corrected chi connectivity index (χ0v) is 9.87. The predicted octanol–water partition coefficient (Wildman–Crippen LogP) is 1.71.